The van der Waals surface area contributed by atoms with Gasteiger partial charge in [-0.2, -0.15) is 0 Å². The average molecular weight is 489 g/mol. The Hall–Kier alpha value is -4.04. The van der Waals surface area contributed by atoms with Crippen LogP contribution in [0.3, 0.4) is 0 Å². The van der Waals surface area contributed by atoms with Crippen LogP contribution in [0.5, 0.6) is 0 Å². The van der Waals surface area contributed by atoms with Gasteiger partial charge in [0.15, 0.2) is 5.11 Å². The van der Waals surface area contributed by atoms with E-state index in [2.05, 4.69) is 42.3 Å². The van der Waals surface area contributed by atoms with Crippen molar-refractivity contribution in [3.05, 3.63) is 101 Å². The zero-order valence-corrected chi connectivity index (χ0v) is 20.7. The van der Waals surface area contributed by atoms with Crippen LogP contribution in [0.2, 0.25) is 0 Å². The molecule has 7 nitrogen and oxygen atoms in total. The van der Waals surface area contributed by atoms with Crippen LogP contribution in [0.4, 0.5) is 5.69 Å². The van der Waals surface area contributed by atoms with E-state index < -0.39 is 5.91 Å². The van der Waals surface area contributed by atoms with Crippen LogP contribution in [-0.2, 0) is 16.6 Å². The summed E-state index contributed by atoms with van der Waals surface area (Å²) in [5.41, 5.74) is 8.42. The summed E-state index contributed by atoms with van der Waals surface area (Å²) < 4.78 is 0. The fourth-order valence-corrected chi connectivity index (χ4v) is 3.36. The monoisotopic (exact) mass is 488 g/mol. The van der Waals surface area contributed by atoms with Crippen molar-refractivity contribution in [2.45, 2.75) is 32.6 Å². The fourth-order valence-electron chi connectivity index (χ4n) is 3.20. The van der Waals surface area contributed by atoms with E-state index in [1.807, 2.05) is 42.5 Å². The number of anilines is 1. The smallest absolute Gasteiger partial charge is 0.269 e. The maximum absolute atomic E-state index is 12.5. The predicted octanol–water partition coefficient (Wildman–Crippen LogP) is 4.11. The van der Waals surface area contributed by atoms with E-state index in [0.29, 0.717) is 16.8 Å². The summed E-state index contributed by atoms with van der Waals surface area (Å²) in [7, 11) is 0. The average Bonchev–Trinajstić information content (AvgIpc) is 2.83. The number of amides is 3. The SMILES string of the molecule is CC(C)(C)c1ccc(C(=O)Nc2ccc(C(=O)NNC(=S)NC(=O)Cc3ccccc3)cc2)cc1. The number of hydrogen-bond donors (Lipinski definition) is 4. The van der Waals surface area contributed by atoms with Crippen molar-refractivity contribution in [3.8, 4) is 0 Å². The molecule has 0 bridgehead atoms. The van der Waals surface area contributed by atoms with Crippen molar-refractivity contribution in [1.82, 2.24) is 16.2 Å². The molecule has 3 rings (SSSR count). The van der Waals surface area contributed by atoms with E-state index in [0.717, 1.165) is 11.1 Å². The highest BCUT2D eigenvalue weighted by molar-refractivity contribution is 7.80. The van der Waals surface area contributed by atoms with Crippen molar-refractivity contribution in [3.63, 3.8) is 0 Å². The molecule has 3 amide bonds. The first-order valence-electron chi connectivity index (χ1n) is 11.1. The van der Waals surface area contributed by atoms with Crippen LogP contribution < -0.4 is 21.5 Å². The molecule has 0 aliphatic rings. The molecule has 180 valence electrons. The lowest BCUT2D eigenvalue weighted by atomic mass is 9.87. The van der Waals surface area contributed by atoms with E-state index in [9.17, 15) is 14.4 Å². The highest BCUT2D eigenvalue weighted by Crippen LogP contribution is 2.22. The molecule has 0 unspecified atom stereocenters. The van der Waals surface area contributed by atoms with Gasteiger partial charge in [0.2, 0.25) is 5.91 Å². The second-order valence-electron chi connectivity index (χ2n) is 8.98. The van der Waals surface area contributed by atoms with Gasteiger partial charge in [-0.15, -0.1) is 0 Å². The summed E-state index contributed by atoms with van der Waals surface area (Å²) in [5, 5.41) is 5.32. The van der Waals surface area contributed by atoms with Gasteiger partial charge in [-0.1, -0.05) is 63.2 Å². The largest absolute Gasteiger partial charge is 0.322 e. The van der Waals surface area contributed by atoms with Gasteiger partial charge >= 0.3 is 0 Å². The van der Waals surface area contributed by atoms with Crippen LogP contribution in [0.1, 0.15) is 52.6 Å². The number of carbonyl (C=O) groups excluding carboxylic acids is 3. The zero-order valence-electron chi connectivity index (χ0n) is 19.8. The fraction of sp³-hybridized carbons (Fsp3) is 0.185. The van der Waals surface area contributed by atoms with Gasteiger partial charge in [-0.3, -0.25) is 25.2 Å². The van der Waals surface area contributed by atoms with E-state index in [-0.39, 0.29) is 28.8 Å². The summed E-state index contributed by atoms with van der Waals surface area (Å²) in [6.45, 7) is 6.35. The Morgan fingerprint density at radius 1 is 0.743 bits per heavy atom. The molecule has 0 radical (unpaired) electrons. The molecule has 0 heterocycles. The van der Waals surface area contributed by atoms with Gasteiger partial charge in [0.25, 0.3) is 11.8 Å². The molecule has 3 aromatic carbocycles. The number of nitrogens with one attached hydrogen (secondary N) is 4. The maximum Gasteiger partial charge on any atom is 0.269 e. The van der Waals surface area contributed by atoms with Gasteiger partial charge in [-0.05, 0) is 65.2 Å². The summed E-state index contributed by atoms with van der Waals surface area (Å²) >= 11 is 5.05. The Morgan fingerprint density at radius 3 is 1.91 bits per heavy atom. The molecule has 0 spiro atoms. The third-order valence-electron chi connectivity index (χ3n) is 5.17. The first-order valence-corrected chi connectivity index (χ1v) is 11.5. The van der Waals surface area contributed by atoms with Gasteiger partial charge in [0, 0.05) is 16.8 Å². The van der Waals surface area contributed by atoms with Gasteiger partial charge in [0.05, 0.1) is 6.42 Å². The molecule has 0 aliphatic carbocycles. The first-order chi connectivity index (χ1) is 16.6. The number of hydrazine groups is 1. The number of benzene rings is 3. The Kier molecular flexibility index (Phi) is 8.33. The molecule has 8 heteroatoms. The van der Waals surface area contributed by atoms with Gasteiger partial charge in [0.1, 0.15) is 0 Å². The molecule has 3 aromatic rings. The van der Waals surface area contributed by atoms with E-state index >= 15 is 0 Å². The first kappa shape index (κ1) is 25.6. The number of hydrogen-bond acceptors (Lipinski definition) is 4. The second-order valence-corrected chi connectivity index (χ2v) is 9.39. The van der Waals surface area contributed by atoms with Crippen molar-refractivity contribution in [2.75, 3.05) is 5.32 Å². The Labute approximate surface area is 210 Å². The normalized spacial score (nSPS) is 10.7. The summed E-state index contributed by atoms with van der Waals surface area (Å²) in [6.07, 6.45) is 0.171. The van der Waals surface area contributed by atoms with Crippen LogP contribution in [-0.4, -0.2) is 22.8 Å². The van der Waals surface area contributed by atoms with Crippen LogP contribution in [0.25, 0.3) is 0 Å². The predicted molar refractivity (Wildman–Crippen MR) is 141 cm³/mol. The van der Waals surface area contributed by atoms with E-state index in [1.165, 1.54) is 0 Å². The minimum atomic E-state index is -0.444. The molecule has 0 fully saturated rings. The van der Waals surface area contributed by atoms with Crippen LogP contribution in [0, 0.1) is 0 Å². The molecule has 0 aliphatic heterocycles. The lowest BCUT2D eigenvalue weighted by Gasteiger charge is -2.19. The number of thiocarbonyl (C=S) groups is 1. The lowest BCUT2D eigenvalue weighted by molar-refractivity contribution is -0.119. The molecular formula is C27H28N4O3S. The van der Waals surface area contributed by atoms with E-state index in [4.69, 9.17) is 12.2 Å². The summed E-state index contributed by atoms with van der Waals surface area (Å²) in [6, 6.07) is 23.2. The molecule has 4 N–H and O–H groups in total. The minimum absolute atomic E-state index is 0.0117. The van der Waals surface area contributed by atoms with E-state index in [1.54, 1.807) is 36.4 Å². The third kappa shape index (κ3) is 7.75. The van der Waals surface area contributed by atoms with Crippen LogP contribution in [0.15, 0.2) is 78.9 Å². The Bertz CT molecular complexity index is 1200. The maximum atomic E-state index is 12.5. The topological polar surface area (TPSA) is 99.3 Å². The molecular weight excluding hydrogens is 460 g/mol. The third-order valence-corrected chi connectivity index (χ3v) is 5.37. The number of carbonyl (C=O) groups is 3. The summed E-state index contributed by atoms with van der Waals surface area (Å²) in [4.78, 5) is 36.9. The van der Waals surface area contributed by atoms with Crippen molar-refractivity contribution >= 4 is 40.7 Å². The highest BCUT2D eigenvalue weighted by atomic mass is 32.1. The molecule has 0 saturated heterocycles. The second kappa shape index (κ2) is 11.4. The molecule has 0 atom stereocenters. The van der Waals surface area contributed by atoms with Gasteiger partial charge < -0.3 is 10.6 Å². The van der Waals surface area contributed by atoms with Gasteiger partial charge in [-0.25, -0.2) is 0 Å². The number of rotatable bonds is 5. The van der Waals surface area contributed by atoms with Crippen molar-refractivity contribution in [1.29, 1.82) is 0 Å². The minimum Gasteiger partial charge on any atom is -0.322 e. The zero-order chi connectivity index (χ0) is 25.4. The van der Waals surface area contributed by atoms with Crippen LogP contribution >= 0.6 is 12.2 Å². The molecule has 0 saturated carbocycles. The Balaban J connectivity index is 1.47. The summed E-state index contributed by atoms with van der Waals surface area (Å²) in [5.74, 6) is -0.975. The van der Waals surface area contributed by atoms with Crippen molar-refractivity contribution < 1.29 is 14.4 Å². The lowest BCUT2D eigenvalue weighted by Crippen LogP contribution is -2.48. The van der Waals surface area contributed by atoms with Crippen molar-refractivity contribution in [2.24, 2.45) is 0 Å². The quantitative estimate of drug-likeness (QED) is 0.320. The molecule has 0 aromatic heterocycles. The Morgan fingerprint density at radius 2 is 1.31 bits per heavy atom. The standard InChI is InChI=1S/C27H28N4O3S/c1-27(2,3)21-13-9-19(10-14-21)24(33)28-22-15-11-20(12-16-22)25(34)30-31-26(35)29-23(32)17-18-7-5-4-6-8-18/h4-16H,17H2,1-3H3,(H,28,33)(H,30,34)(H2,29,31,32,35). The highest BCUT2D eigenvalue weighted by Gasteiger charge is 2.15. The molecule has 35 heavy (non-hydrogen) atoms.